The van der Waals surface area contributed by atoms with E-state index in [1.807, 2.05) is 0 Å². The van der Waals surface area contributed by atoms with Crippen molar-refractivity contribution in [3.05, 3.63) is 80.2 Å². The van der Waals surface area contributed by atoms with E-state index in [9.17, 15) is 32.9 Å². The first-order valence-electron chi connectivity index (χ1n) is 15.6. The van der Waals surface area contributed by atoms with E-state index in [0.29, 0.717) is 67.7 Å². The number of nitrogens with zero attached hydrogens (tertiary/aromatic N) is 2. The van der Waals surface area contributed by atoms with Crippen molar-refractivity contribution in [2.75, 3.05) is 26.9 Å². The molecule has 252 valence electrons. The highest BCUT2D eigenvalue weighted by Gasteiger charge is 2.49. The zero-order chi connectivity index (χ0) is 34.5. The Labute approximate surface area is 271 Å². The van der Waals surface area contributed by atoms with Gasteiger partial charge in [0.1, 0.15) is 0 Å². The Bertz CT molecular complexity index is 1640. The molecule has 0 N–H and O–H groups in total. The monoisotopic (exact) mass is 656 g/mol. The van der Waals surface area contributed by atoms with Crippen LogP contribution in [-0.4, -0.2) is 48.3 Å². The average Bonchev–Trinajstić information content (AvgIpc) is 2.95. The van der Waals surface area contributed by atoms with E-state index in [0.717, 1.165) is 17.5 Å². The van der Waals surface area contributed by atoms with Crippen molar-refractivity contribution in [1.29, 1.82) is 0 Å². The van der Waals surface area contributed by atoms with Crippen molar-refractivity contribution in [1.82, 2.24) is 4.90 Å². The van der Waals surface area contributed by atoms with E-state index in [4.69, 9.17) is 14.2 Å². The minimum atomic E-state index is -4.78. The van der Waals surface area contributed by atoms with Gasteiger partial charge in [-0.1, -0.05) is 33.8 Å². The van der Waals surface area contributed by atoms with E-state index in [1.54, 1.807) is 26.2 Å². The standard InChI is InChI=1S/C35H39F3N2O7/c1-7-46-29-14-20(8-10-28(29)47-27-11-9-21(35(36,37)38)15-22(27)40(43)44)30-31-23(16-33(2,3)18-25(31)41)39(12-13-45-6)24-17-34(4,5)19-26(42)32(24)30/h8-11,14-15,30H,7,12-13,16-19H2,1-6H3. The number of methoxy groups -OCH3 is 1. The number of benzene rings is 2. The minimum Gasteiger partial charge on any atom is -0.490 e. The molecule has 0 saturated heterocycles. The molecule has 1 heterocycles. The molecular formula is C35H39F3N2O7. The van der Waals surface area contributed by atoms with Crippen molar-refractivity contribution in [3.63, 3.8) is 0 Å². The van der Waals surface area contributed by atoms with Gasteiger partial charge in [0.25, 0.3) is 0 Å². The van der Waals surface area contributed by atoms with E-state index in [-0.39, 0.29) is 40.5 Å². The number of nitro benzene ring substituents is 1. The fraction of sp³-hybridized carbons (Fsp3) is 0.486. The molecular weight excluding hydrogens is 617 g/mol. The van der Waals surface area contributed by atoms with Gasteiger partial charge in [0, 0.05) is 61.0 Å². The smallest absolute Gasteiger partial charge is 0.416 e. The highest BCUT2D eigenvalue weighted by atomic mass is 19.4. The van der Waals surface area contributed by atoms with E-state index in [1.165, 1.54) is 6.07 Å². The summed E-state index contributed by atoms with van der Waals surface area (Å²) in [5, 5.41) is 11.7. The van der Waals surface area contributed by atoms with Crippen LogP contribution in [0, 0.1) is 20.9 Å². The summed E-state index contributed by atoms with van der Waals surface area (Å²) in [4.78, 5) is 40.9. The number of rotatable bonds is 9. The van der Waals surface area contributed by atoms with Gasteiger partial charge in [0.2, 0.25) is 5.75 Å². The van der Waals surface area contributed by atoms with Crippen LogP contribution in [0.4, 0.5) is 18.9 Å². The quantitative estimate of drug-likeness (QED) is 0.197. The Kier molecular flexibility index (Phi) is 9.04. The second kappa shape index (κ2) is 12.4. The van der Waals surface area contributed by atoms with Crippen LogP contribution in [0.1, 0.15) is 77.3 Å². The van der Waals surface area contributed by atoms with Crippen LogP contribution in [-0.2, 0) is 20.5 Å². The Morgan fingerprint density at radius 1 is 0.894 bits per heavy atom. The summed E-state index contributed by atoms with van der Waals surface area (Å²) in [6.07, 6.45) is -2.92. The molecule has 9 nitrogen and oxygen atoms in total. The third-order valence-corrected chi connectivity index (χ3v) is 8.84. The Morgan fingerprint density at radius 3 is 1.98 bits per heavy atom. The van der Waals surface area contributed by atoms with Crippen molar-refractivity contribution in [2.45, 2.75) is 72.4 Å². The average molecular weight is 657 g/mol. The fourth-order valence-electron chi connectivity index (χ4n) is 6.93. The summed E-state index contributed by atoms with van der Waals surface area (Å²) in [6.45, 7) is 11.0. The zero-order valence-electron chi connectivity index (χ0n) is 27.4. The number of hydrogen-bond acceptors (Lipinski definition) is 8. The maximum absolute atomic E-state index is 14.0. The van der Waals surface area contributed by atoms with Crippen molar-refractivity contribution in [3.8, 4) is 17.2 Å². The van der Waals surface area contributed by atoms with Gasteiger partial charge in [0.05, 0.1) is 23.7 Å². The lowest BCUT2D eigenvalue weighted by Gasteiger charge is -2.49. The van der Waals surface area contributed by atoms with Crippen LogP contribution in [0.2, 0.25) is 0 Å². The van der Waals surface area contributed by atoms with Gasteiger partial charge in [0.15, 0.2) is 23.1 Å². The lowest BCUT2D eigenvalue weighted by Crippen LogP contribution is -2.45. The molecule has 0 spiro atoms. The summed E-state index contributed by atoms with van der Waals surface area (Å²) in [5.41, 5.74) is 0.824. The summed E-state index contributed by atoms with van der Waals surface area (Å²) in [5.74, 6) is -0.978. The van der Waals surface area contributed by atoms with Gasteiger partial charge in [-0.3, -0.25) is 19.7 Å². The zero-order valence-corrected chi connectivity index (χ0v) is 27.4. The largest absolute Gasteiger partial charge is 0.490 e. The predicted octanol–water partition coefficient (Wildman–Crippen LogP) is 8.14. The van der Waals surface area contributed by atoms with Gasteiger partial charge in [-0.25, -0.2) is 0 Å². The van der Waals surface area contributed by atoms with E-state index in [2.05, 4.69) is 32.6 Å². The molecule has 0 atom stereocenters. The summed E-state index contributed by atoms with van der Waals surface area (Å²) >= 11 is 0. The number of allylic oxidation sites excluding steroid dienone is 4. The minimum absolute atomic E-state index is 0.0339. The molecule has 12 heteroatoms. The molecule has 2 aromatic rings. The molecule has 0 bridgehead atoms. The number of alkyl halides is 3. The summed E-state index contributed by atoms with van der Waals surface area (Å²) in [7, 11) is 1.61. The highest BCUT2D eigenvalue weighted by Crippen LogP contribution is 2.55. The maximum Gasteiger partial charge on any atom is 0.416 e. The Balaban J connectivity index is 1.66. The fourth-order valence-corrected chi connectivity index (χ4v) is 6.93. The van der Waals surface area contributed by atoms with Crippen LogP contribution in [0.3, 0.4) is 0 Å². The molecule has 0 saturated carbocycles. The normalized spacial score (nSPS) is 19.5. The van der Waals surface area contributed by atoms with Crippen LogP contribution in [0.25, 0.3) is 0 Å². The van der Waals surface area contributed by atoms with Gasteiger partial charge < -0.3 is 19.1 Å². The van der Waals surface area contributed by atoms with Crippen LogP contribution in [0.15, 0.2) is 58.9 Å². The third-order valence-electron chi connectivity index (χ3n) is 8.84. The van der Waals surface area contributed by atoms with Gasteiger partial charge in [-0.15, -0.1) is 0 Å². The number of ketones is 2. The van der Waals surface area contributed by atoms with Gasteiger partial charge >= 0.3 is 11.9 Å². The topological polar surface area (TPSA) is 108 Å². The first-order chi connectivity index (χ1) is 22.0. The van der Waals surface area contributed by atoms with E-state index >= 15 is 0 Å². The van der Waals surface area contributed by atoms with Gasteiger partial charge in [-0.2, -0.15) is 13.2 Å². The molecule has 5 rings (SSSR count). The number of carbonyl (C=O) groups excluding carboxylic acids is 2. The first-order valence-corrected chi connectivity index (χ1v) is 15.6. The van der Waals surface area contributed by atoms with E-state index < -0.39 is 34.0 Å². The van der Waals surface area contributed by atoms with Crippen LogP contribution >= 0.6 is 0 Å². The lowest BCUT2D eigenvalue weighted by atomic mass is 9.63. The van der Waals surface area contributed by atoms with Crippen molar-refractivity contribution in [2.24, 2.45) is 10.8 Å². The van der Waals surface area contributed by atoms with Crippen molar-refractivity contribution < 1.29 is 41.9 Å². The Hall–Kier alpha value is -4.19. The van der Waals surface area contributed by atoms with Crippen LogP contribution < -0.4 is 9.47 Å². The third kappa shape index (κ3) is 6.79. The number of ether oxygens (including phenoxy) is 3. The molecule has 0 radical (unpaired) electrons. The second-order valence-corrected chi connectivity index (χ2v) is 13.9. The SMILES string of the molecule is CCOc1cc(C2C3=C(CC(C)(C)CC3=O)N(CCOC)C3=C2C(=O)CC(C)(C)C3)ccc1Oc1ccc(C(F)(F)F)cc1[N+](=O)[O-]. The molecule has 3 aliphatic rings. The number of halogens is 3. The molecule has 0 aromatic heterocycles. The molecule has 0 fully saturated rings. The maximum atomic E-state index is 14.0. The first kappa shape index (κ1) is 34.2. The van der Waals surface area contributed by atoms with Crippen molar-refractivity contribution >= 4 is 17.3 Å². The molecule has 2 aliphatic carbocycles. The number of Topliss-reactive ketones (excluding diaryl/α,β-unsaturated/α-hetero) is 2. The second-order valence-electron chi connectivity index (χ2n) is 13.9. The predicted molar refractivity (Wildman–Crippen MR) is 167 cm³/mol. The highest BCUT2D eigenvalue weighted by molar-refractivity contribution is 6.06. The lowest BCUT2D eigenvalue weighted by molar-refractivity contribution is -0.385. The summed E-state index contributed by atoms with van der Waals surface area (Å²) in [6, 6.07) is 6.88. The number of hydrogen-bond donors (Lipinski definition) is 0. The Morgan fingerprint density at radius 2 is 1.47 bits per heavy atom. The molecule has 1 aliphatic heterocycles. The molecule has 47 heavy (non-hydrogen) atoms. The number of carbonyl (C=O) groups is 2. The molecule has 0 unspecified atom stereocenters. The molecule has 2 aromatic carbocycles. The van der Waals surface area contributed by atoms with Gasteiger partial charge in [-0.05, 0) is 60.4 Å². The summed E-state index contributed by atoms with van der Waals surface area (Å²) < 4.78 is 57.0. The number of nitro groups is 1. The molecule has 0 amide bonds. The van der Waals surface area contributed by atoms with Crippen LogP contribution in [0.5, 0.6) is 17.2 Å².